The number of benzene rings is 2. The predicted octanol–water partition coefficient (Wildman–Crippen LogP) is 6.81. The number of H-pyrrole nitrogens is 1. The molecule has 2 aromatic heterocycles. The highest BCUT2D eigenvalue weighted by Crippen LogP contribution is 2.39. The standard InChI is InChI=1S/C24H23ClFN3/c25-17-6-8-22-23(13-17)29-24(28-22)10-3-15-1-4-16(5-2-15)19-11-12-27-21-9-7-18(26)14-20(19)21/h6-9,11-16H,1-5,10H2,(H,28,29)/t15-,16-. The van der Waals surface area contributed by atoms with E-state index in [9.17, 15) is 4.39 Å². The number of aromatic amines is 1. The van der Waals surface area contributed by atoms with Crippen LogP contribution in [0.3, 0.4) is 0 Å². The van der Waals surface area contributed by atoms with Gasteiger partial charge in [-0.1, -0.05) is 11.6 Å². The molecule has 0 amide bonds. The molecule has 3 nitrogen and oxygen atoms in total. The molecule has 1 aliphatic carbocycles. The highest BCUT2D eigenvalue weighted by Gasteiger charge is 2.24. The molecule has 5 rings (SSSR count). The molecule has 2 heterocycles. The minimum absolute atomic E-state index is 0.187. The molecule has 5 heteroatoms. The molecule has 148 valence electrons. The van der Waals surface area contributed by atoms with Crippen molar-refractivity contribution >= 4 is 33.5 Å². The van der Waals surface area contributed by atoms with Crippen molar-refractivity contribution in [2.24, 2.45) is 5.92 Å². The number of hydrogen-bond donors (Lipinski definition) is 1. The van der Waals surface area contributed by atoms with Gasteiger partial charge in [-0.3, -0.25) is 4.98 Å². The lowest BCUT2D eigenvalue weighted by molar-refractivity contribution is 0.310. The van der Waals surface area contributed by atoms with Crippen molar-refractivity contribution in [2.45, 2.75) is 44.4 Å². The van der Waals surface area contributed by atoms with Gasteiger partial charge in [0.2, 0.25) is 0 Å². The third kappa shape index (κ3) is 3.86. The van der Waals surface area contributed by atoms with Crippen LogP contribution >= 0.6 is 11.6 Å². The molecule has 1 N–H and O–H groups in total. The topological polar surface area (TPSA) is 41.6 Å². The van der Waals surface area contributed by atoms with E-state index in [4.69, 9.17) is 11.6 Å². The second kappa shape index (κ2) is 7.75. The summed E-state index contributed by atoms with van der Waals surface area (Å²) in [4.78, 5) is 12.5. The quantitative estimate of drug-likeness (QED) is 0.403. The van der Waals surface area contributed by atoms with Crippen LogP contribution in [0.2, 0.25) is 5.02 Å². The van der Waals surface area contributed by atoms with Crippen LogP contribution in [0.15, 0.2) is 48.7 Å². The molecule has 29 heavy (non-hydrogen) atoms. The Balaban J connectivity index is 1.23. The molecular formula is C24H23ClFN3. The first kappa shape index (κ1) is 18.6. The fourth-order valence-corrected chi connectivity index (χ4v) is 4.92. The summed E-state index contributed by atoms with van der Waals surface area (Å²) >= 11 is 6.06. The van der Waals surface area contributed by atoms with Crippen molar-refractivity contribution in [1.29, 1.82) is 0 Å². The van der Waals surface area contributed by atoms with E-state index in [0.29, 0.717) is 11.8 Å². The van der Waals surface area contributed by atoms with Crippen molar-refractivity contribution in [3.8, 4) is 0 Å². The third-order valence-corrected chi connectivity index (χ3v) is 6.54. The molecule has 0 saturated heterocycles. The van der Waals surface area contributed by atoms with Crippen molar-refractivity contribution in [3.05, 3.63) is 70.9 Å². The lowest BCUT2D eigenvalue weighted by atomic mass is 9.76. The normalized spacial score (nSPS) is 19.8. The monoisotopic (exact) mass is 407 g/mol. The molecule has 0 unspecified atom stereocenters. The maximum atomic E-state index is 13.8. The summed E-state index contributed by atoms with van der Waals surface area (Å²) in [6.07, 6.45) is 8.67. The van der Waals surface area contributed by atoms with Crippen molar-refractivity contribution in [1.82, 2.24) is 15.0 Å². The predicted molar refractivity (Wildman–Crippen MR) is 116 cm³/mol. The van der Waals surface area contributed by atoms with Crippen LogP contribution in [0.25, 0.3) is 21.9 Å². The molecule has 0 aliphatic heterocycles. The first-order chi connectivity index (χ1) is 14.2. The minimum atomic E-state index is -0.187. The highest BCUT2D eigenvalue weighted by atomic mass is 35.5. The van der Waals surface area contributed by atoms with E-state index >= 15 is 0 Å². The van der Waals surface area contributed by atoms with Crippen molar-refractivity contribution in [2.75, 3.05) is 0 Å². The molecule has 4 aromatic rings. The summed E-state index contributed by atoms with van der Waals surface area (Å²) in [5.41, 5.74) is 4.12. The van der Waals surface area contributed by atoms with Gasteiger partial charge in [0.15, 0.2) is 0 Å². The average molecular weight is 408 g/mol. The van der Waals surface area contributed by atoms with Gasteiger partial charge in [-0.25, -0.2) is 9.37 Å². The lowest BCUT2D eigenvalue weighted by Crippen LogP contribution is -2.14. The van der Waals surface area contributed by atoms with E-state index in [2.05, 4.69) is 21.0 Å². The van der Waals surface area contributed by atoms with Crippen LogP contribution in [-0.2, 0) is 6.42 Å². The Morgan fingerprint density at radius 1 is 1.00 bits per heavy atom. The summed E-state index contributed by atoms with van der Waals surface area (Å²) in [7, 11) is 0. The van der Waals surface area contributed by atoms with Crippen LogP contribution in [0, 0.1) is 11.7 Å². The maximum Gasteiger partial charge on any atom is 0.123 e. The molecule has 0 spiro atoms. The second-order valence-corrected chi connectivity index (χ2v) is 8.60. The Morgan fingerprint density at radius 3 is 2.72 bits per heavy atom. The zero-order chi connectivity index (χ0) is 19.8. The first-order valence-corrected chi connectivity index (χ1v) is 10.7. The number of nitrogens with zero attached hydrogens (tertiary/aromatic N) is 2. The number of fused-ring (bicyclic) bond motifs is 2. The molecular weight excluding hydrogens is 385 g/mol. The Bertz CT molecular complexity index is 1160. The van der Waals surface area contributed by atoms with Gasteiger partial charge in [-0.15, -0.1) is 0 Å². The maximum absolute atomic E-state index is 13.8. The smallest absolute Gasteiger partial charge is 0.123 e. The van der Waals surface area contributed by atoms with E-state index < -0.39 is 0 Å². The van der Waals surface area contributed by atoms with Gasteiger partial charge in [0.25, 0.3) is 0 Å². The van der Waals surface area contributed by atoms with E-state index in [1.165, 1.54) is 24.5 Å². The highest BCUT2D eigenvalue weighted by molar-refractivity contribution is 6.31. The van der Waals surface area contributed by atoms with E-state index in [1.807, 2.05) is 24.4 Å². The molecule has 2 aromatic carbocycles. The van der Waals surface area contributed by atoms with Gasteiger partial charge in [-0.2, -0.15) is 0 Å². The SMILES string of the molecule is Fc1ccc2nccc([C@H]3CC[C@H](CCc4nc5cc(Cl)ccc5[nH]4)CC3)c2c1. The molecule has 0 bridgehead atoms. The van der Waals surface area contributed by atoms with Crippen LogP contribution in [0.5, 0.6) is 0 Å². The van der Waals surface area contributed by atoms with Gasteiger partial charge in [0, 0.05) is 23.0 Å². The lowest BCUT2D eigenvalue weighted by Gasteiger charge is -2.29. The fourth-order valence-electron chi connectivity index (χ4n) is 4.75. The zero-order valence-electron chi connectivity index (χ0n) is 16.2. The van der Waals surface area contributed by atoms with Crippen molar-refractivity contribution < 1.29 is 4.39 Å². The number of aromatic nitrogens is 3. The number of hydrogen-bond acceptors (Lipinski definition) is 2. The number of pyridine rings is 1. The Kier molecular flexibility index (Phi) is 4.96. The molecule has 0 atom stereocenters. The van der Waals surface area contributed by atoms with Gasteiger partial charge in [0.1, 0.15) is 11.6 Å². The number of nitrogens with one attached hydrogen (secondary N) is 1. The molecule has 1 saturated carbocycles. The largest absolute Gasteiger partial charge is 0.342 e. The fraction of sp³-hybridized carbons (Fsp3) is 0.333. The number of halogens is 2. The number of rotatable bonds is 4. The zero-order valence-corrected chi connectivity index (χ0v) is 16.9. The van der Waals surface area contributed by atoms with Gasteiger partial charge in [-0.05, 0) is 92.0 Å². The van der Waals surface area contributed by atoms with Crippen LogP contribution < -0.4 is 0 Å². The van der Waals surface area contributed by atoms with E-state index in [1.54, 1.807) is 12.1 Å². The Labute approximate surface area is 174 Å². The molecule has 1 aliphatic rings. The van der Waals surface area contributed by atoms with Crippen molar-refractivity contribution in [3.63, 3.8) is 0 Å². The summed E-state index contributed by atoms with van der Waals surface area (Å²) in [5, 5.41) is 1.69. The van der Waals surface area contributed by atoms with E-state index in [0.717, 1.165) is 58.5 Å². The van der Waals surface area contributed by atoms with Gasteiger partial charge < -0.3 is 4.98 Å². The minimum Gasteiger partial charge on any atom is -0.342 e. The summed E-state index contributed by atoms with van der Waals surface area (Å²) < 4.78 is 13.8. The number of imidazole rings is 1. The van der Waals surface area contributed by atoms with Crippen LogP contribution in [-0.4, -0.2) is 15.0 Å². The third-order valence-electron chi connectivity index (χ3n) is 6.31. The van der Waals surface area contributed by atoms with Gasteiger partial charge in [0.05, 0.1) is 16.6 Å². The number of aryl methyl sites for hydroxylation is 1. The summed E-state index contributed by atoms with van der Waals surface area (Å²) in [6, 6.07) is 12.8. The Morgan fingerprint density at radius 2 is 1.86 bits per heavy atom. The summed E-state index contributed by atoms with van der Waals surface area (Å²) in [5.74, 6) is 2.06. The molecule has 1 fully saturated rings. The first-order valence-electron chi connectivity index (χ1n) is 10.3. The second-order valence-electron chi connectivity index (χ2n) is 8.16. The molecule has 0 radical (unpaired) electrons. The average Bonchev–Trinajstić information content (AvgIpc) is 3.14. The summed E-state index contributed by atoms with van der Waals surface area (Å²) in [6.45, 7) is 0. The van der Waals surface area contributed by atoms with Crippen LogP contribution in [0.4, 0.5) is 4.39 Å². The Hall–Kier alpha value is -2.46. The van der Waals surface area contributed by atoms with E-state index in [-0.39, 0.29) is 5.82 Å². The van der Waals surface area contributed by atoms with Gasteiger partial charge >= 0.3 is 0 Å². The van der Waals surface area contributed by atoms with Crippen LogP contribution in [0.1, 0.15) is 49.4 Å².